The van der Waals surface area contributed by atoms with Gasteiger partial charge >= 0.3 is 0 Å². The number of rotatable bonds is 5. The molecule has 1 heterocycles. The summed E-state index contributed by atoms with van der Waals surface area (Å²) in [6.07, 6.45) is 8.74. The van der Waals surface area contributed by atoms with Crippen LogP contribution in [-0.2, 0) is 4.79 Å². The van der Waals surface area contributed by atoms with Gasteiger partial charge in [0.25, 0.3) is 11.8 Å². The standard InChI is InChI=1S/C26H30N2O4S/c1-28-20-16-18(25(29)27-19-8-6-4-5-7-9-19)11-13-23(20)33-24(26(28)30)15-17-10-12-21(31-2)22(14-17)32-3/h10-16,19H,4-9H2,1-3H3,(H,27,29). The van der Waals surface area contributed by atoms with Crippen LogP contribution >= 0.6 is 11.8 Å². The Bertz CT molecular complexity index is 1070. The molecule has 6 nitrogen and oxygen atoms in total. The van der Waals surface area contributed by atoms with E-state index >= 15 is 0 Å². The molecule has 1 N–H and O–H groups in total. The Hall–Kier alpha value is -2.93. The third-order valence-electron chi connectivity index (χ3n) is 6.21. The average molecular weight is 467 g/mol. The van der Waals surface area contributed by atoms with Crippen LogP contribution in [0, 0.1) is 0 Å². The maximum absolute atomic E-state index is 13.1. The van der Waals surface area contributed by atoms with Crippen LogP contribution in [-0.4, -0.2) is 39.1 Å². The number of hydrogen-bond donors (Lipinski definition) is 1. The molecular formula is C26H30N2O4S. The van der Waals surface area contributed by atoms with Gasteiger partial charge in [-0.1, -0.05) is 43.5 Å². The molecule has 0 bridgehead atoms. The van der Waals surface area contributed by atoms with Crippen molar-refractivity contribution in [3.05, 3.63) is 52.4 Å². The number of fused-ring (bicyclic) bond motifs is 1. The minimum absolute atomic E-state index is 0.0674. The van der Waals surface area contributed by atoms with Gasteiger partial charge < -0.3 is 19.7 Å². The van der Waals surface area contributed by atoms with E-state index in [9.17, 15) is 9.59 Å². The molecule has 2 aliphatic rings. The van der Waals surface area contributed by atoms with Crippen molar-refractivity contribution in [1.29, 1.82) is 0 Å². The zero-order valence-corrected chi connectivity index (χ0v) is 20.2. The minimum atomic E-state index is -0.108. The van der Waals surface area contributed by atoms with E-state index in [2.05, 4.69) is 5.32 Å². The van der Waals surface area contributed by atoms with Crippen LogP contribution in [0.3, 0.4) is 0 Å². The Labute approximate surface area is 199 Å². The Balaban J connectivity index is 1.55. The molecule has 0 radical (unpaired) electrons. The molecule has 1 fully saturated rings. The molecule has 2 aromatic carbocycles. The van der Waals surface area contributed by atoms with Gasteiger partial charge in [0.2, 0.25) is 0 Å². The van der Waals surface area contributed by atoms with Crippen molar-refractivity contribution >= 4 is 35.3 Å². The fourth-order valence-electron chi connectivity index (χ4n) is 4.32. The SMILES string of the molecule is COc1ccc(C=C2Sc3ccc(C(=O)NC4CCCCCC4)cc3N(C)C2=O)cc1OC. The lowest BCUT2D eigenvalue weighted by Gasteiger charge is -2.27. The summed E-state index contributed by atoms with van der Waals surface area (Å²) in [4.78, 5) is 29.1. The molecule has 0 aromatic heterocycles. The highest BCUT2D eigenvalue weighted by molar-refractivity contribution is 8.04. The summed E-state index contributed by atoms with van der Waals surface area (Å²) >= 11 is 1.41. The monoisotopic (exact) mass is 466 g/mol. The summed E-state index contributed by atoms with van der Waals surface area (Å²) < 4.78 is 10.7. The second-order valence-corrected chi connectivity index (χ2v) is 9.52. The quantitative estimate of drug-likeness (QED) is 0.481. The van der Waals surface area contributed by atoms with Crippen molar-refractivity contribution in [2.45, 2.75) is 49.5 Å². The number of likely N-dealkylation sites (N-methyl/N-ethyl adjacent to an activating group) is 1. The normalized spacial score (nSPS) is 18.0. The molecular weight excluding hydrogens is 436 g/mol. The van der Waals surface area contributed by atoms with Crippen molar-refractivity contribution in [3.63, 3.8) is 0 Å². The molecule has 33 heavy (non-hydrogen) atoms. The van der Waals surface area contributed by atoms with E-state index in [0.29, 0.717) is 22.0 Å². The van der Waals surface area contributed by atoms with E-state index in [-0.39, 0.29) is 17.9 Å². The van der Waals surface area contributed by atoms with Gasteiger partial charge in [0, 0.05) is 23.5 Å². The van der Waals surface area contributed by atoms with E-state index in [1.807, 2.05) is 42.5 Å². The summed E-state index contributed by atoms with van der Waals surface area (Å²) in [5.41, 5.74) is 2.19. The molecule has 0 spiro atoms. The zero-order valence-electron chi connectivity index (χ0n) is 19.3. The van der Waals surface area contributed by atoms with Gasteiger partial charge in [-0.3, -0.25) is 9.59 Å². The summed E-state index contributed by atoms with van der Waals surface area (Å²) in [5, 5.41) is 3.19. The Morgan fingerprint density at radius 1 is 1.03 bits per heavy atom. The van der Waals surface area contributed by atoms with Crippen LogP contribution in [0.25, 0.3) is 6.08 Å². The number of carbonyl (C=O) groups is 2. The van der Waals surface area contributed by atoms with Gasteiger partial charge in [-0.25, -0.2) is 0 Å². The van der Waals surface area contributed by atoms with Gasteiger partial charge in [0.15, 0.2) is 11.5 Å². The lowest BCUT2D eigenvalue weighted by atomic mass is 10.1. The topological polar surface area (TPSA) is 67.9 Å². The lowest BCUT2D eigenvalue weighted by Crippen LogP contribution is -2.35. The minimum Gasteiger partial charge on any atom is -0.493 e. The van der Waals surface area contributed by atoms with Crippen molar-refractivity contribution in [1.82, 2.24) is 5.32 Å². The fraction of sp³-hybridized carbons (Fsp3) is 0.385. The summed E-state index contributed by atoms with van der Waals surface area (Å²) in [5.74, 6) is 1.07. The third-order valence-corrected chi connectivity index (χ3v) is 7.29. The molecule has 0 atom stereocenters. The molecule has 1 saturated carbocycles. The number of ether oxygens (including phenoxy) is 2. The fourth-order valence-corrected chi connectivity index (χ4v) is 5.41. The molecule has 0 unspecified atom stereocenters. The van der Waals surface area contributed by atoms with E-state index in [1.165, 1.54) is 24.6 Å². The number of anilines is 1. The first-order valence-corrected chi connectivity index (χ1v) is 12.2. The van der Waals surface area contributed by atoms with Crippen molar-refractivity contribution < 1.29 is 19.1 Å². The molecule has 2 amide bonds. The maximum Gasteiger partial charge on any atom is 0.264 e. The number of nitrogens with one attached hydrogen (secondary N) is 1. The Kier molecular flexibility index (Phi) is 7.28. The number of thioether (sulfide) groups is 1. The number of methoxy groups -OCH3 is 2. The van der Waals surface area contributed by atoms with E-state index < -0.39 is 0 Å². The molecule has 7 heteroatoms. The molecule has 174 valence electrons. The van der Waals surface area contributed by atoms with Crippen molar-refractivity contribution in [2.24, 2.45) is 0 Å². The predicted molar refractivity (Wildman–Crippen MR) is 132 cm³/mol. The second kappa shape index (κ2) is 10.3. The zero-order chi connectivity index (χ0) is 23.4. The Morgan fingerprint density at radius 3 is 2.45 bits per heavy atom. The smallest absolute Gasteiger partial charge is 0.264 e. The van der Waals surface area contributed by atoms with Crippen molar-refractivity contribution in [3.8, 4) is 11.5 Å². The molecule has 1 aliphatic carbocycles. The van der Waals surface area contributed by atoms with Crippen LogP contribution in [0.15, 0.2) is 46.2 Å². The first kappa shape index (κ1) is 23.2. The highest BCUT2D eigenvalue weighted by Gasteiger charge is 2.28. The van der Waals surface area contributed by atoms with Crippen LogP contribution in [0.4, 0.5) is 5.69 Å². The lowest BCUT2D eigenvalue weighted by molar-refractivity contribution is -0.114. The van der Waals surface area contributed by atoms with Crippen LogP contribution < -0.4 is 19.7 Å². The largest absolute Gasteiger partial charge is 0.493 e. The number of carbonyl (C=O) groups excluding carboxylic acids is 2. The first-order valence-electron chi connectivity index (χ1n) is 11.3. The third kappa shape index (κ3) is 5.19. The number of amides is 2. The predicted octanol–water partition coefficient (Wildman–Crippen LogP) is 5.27. The highest BCUT2D eigenvalue weighted by atomic mass is 32.2. The van der Waals surface area contributed by atoms with Gasteiger partial charge in [0.05, 0.1) is 24.8 Å². The van der Waals surface area contributed by atoms with Gasteiger partial charge in [-0.2, -0.15) is 0 Å². The molecule has 1 aliphatic heterocycles. The van der Waals surface area contributed by atoms with E-state index in [4.69, 9.17) is 9.47 Å². The van der Waals surface area contributed by atoms with Crippen LogP contribution in [0.1, 0.15) is 54.4 Å². The maximum atomic E-state index is 13.1. The molecule has 0 saturated heterocycles. The average Bonchev–Trinajstić information content (AvgIpc) is 3.10. The van der Waals surface area contributed by atoms with Gasteiger partial charge in [-0.15, -0.1) is 0 Å². The first-order chi connectivity index (χ1) is 16.0. The number of hydrogen-bond acceptors (Lipinski definition) is 5. The van der Waals surface area contributed by atoms with Crippen molar-refractivity contribution in [2.75, 3.05) is 26.2 Å². The molecule has 4 rings (SSSR count). The van der Waals surface area contributed by atoms with Gasteiger partial charge in [0.1, 0.15) is 0 Å². The summed E-state index contributed by atoms with van der Waals surface area (Å²) in [7, 11) is 4.92. The number of nitrogens with zero attached hydrogens (tertiary/aromatic N) is 1. The second-order valence-electron chi connectivity index (χ2n) is 8.43. The van der Waals surface area contributed by atoms with Crippen LogP contribution in [0.2, 0.25) is 0 Å². The van der Waals surface area contributed by atoms with E-state index in [1.54, 1.807) is 26.2 Å². The highest BCUT2D eigenvalue weighted by Crippen LogP contribution is 2.42. The summed E-state index contributed by atoms with van der Waals surface area (Å²) in [6, 6.07) is 11.4. The number of benzene rings is 2. The van der Waals surface area contributed by atoms with E-state index in [0.717, 1.165) is 41.8 Å². The summed E-state index contributed by atoms with van der Waals surface area (Å²) in [6.45, 7) is 0. The Morgan fingerprint density at radius 2 is 1.76 bits per heavy atom. The van der Waals surface area contributed by atoms with Crippen LogP contribution in [0.5, 0.6) is 11.5 Å². The molecule has 2 aromatic rings. The van der Waals surface area contributed by atoms with Gasteiger partial charge in [-0.05, 0) is 54.8 Å².